The molecule has 3 rings (SSSR count). The molecule has 0 bridgehead atoms. The van der Waals surface area contributed by atoms with Gasteiger partial charge in [-0.3, -0.25) is 9.48 Å². The van der Waals surface area contributed by atoms with Crippen molar-refractivity contribution in [1.29, 1.82) is 0 Å². The lowest BCUT2D eigenvalue weighted by atomic mass is 9.97. The van der Waals surface area contributed by atoms with Crippen molar-refractivity contribution in [3.63, 3.8) is 0 Å². The van der Waals surface area contributed by atoms with Gasteiger partial charge in [0.25, 0.3) is 5.91 Å². The minimum atomic E-state index is -4.45. The number of hydrogen-bond acceptors (Lipinski definition) is 3. The van der Waals surface area contributed by atoms with Crippen LogP contribution in [0.1, 0.15) is 28.8 Å². The van der Waals surface area contributed by atoms with E-state index >= 15 is 0 Å². The second kappa shape index (κ2) is 6.87. The van der Waals surface area contributed by atoms with Crippen LogP contribution in [0.15, 0.2) is 42.7 Å². The van der Waals surface area contributed by atoms with E-state index < -0.39 is 24.2 Å². The molecule has 0 radical (unpaired) electrons. The number of aromatic nitrogens is 2. The van der Waals surface area contributed by atoms with Crippen LogP contribution in [0.2, 0.25) is 0 Å². The molecule has 1 aromatic heterocycles. The van der Waals surface area contributed by atoms with E-state index in [0.29, 0.717) is 6.54 Å². The minimum Gasteiger partial charge on any atom is -0.326 e. The van der Waals surface area contributed by atoms with E-state index in [1.54, 1.807) is 41.2 Å². The summed E-state index contributed by atoms with van der Waals surface area (Å²) in [4.78, 5) is 13.4. The van der Waals surface area contributed by atoms with Crippen molar-refractivity contribution in [2.24, 2.45) is 5.73 Å². The van der Waals surface area contributed by atoms with Gasteiger partial charge in [-0.2, -0.15) is 18.3 Å². The van der Waals surface area contributed by atoms with Gasteiger partial charge in [0.15, 0.2) is 0 Å². The van der Waals surface area contributed by atoms with E-state index in [0.717, 1.165) is 10.5 Å². The lowest BCUT2D eigenvalue weighted by Crippen LogP contribution is -2.56. The Morgan fingerprint density at radius 3 is 2.56 bits per heavy atom. The number of rotatable bonds is 3. The summed E-state index contributed by atoms with van der Waals surface area (Å²) >= 11 is 0. The maximum atomic E-state index is 13.2. The van der Waals surface area contributed by atoms with Crippen LogP contribution in [0.4, 0.5) is 13.2 Å². The standard InChI is InChI=1S/C17H19F3N4O/c18-17(19,20)15-7-6-14(21)11-24(15)16(25)13-4-2-12(3-5-13)10-23-9-1-8-22-23/h1-5,8-9,14-15H,6-7,10-11,21H2. The molecule has 1 saturated heterocycles. The van der Waals surface area contributed by atoms with Crippen molar-refractivity contribution >= 4 is 5.91 Å². The van der Waals surface area contributed by atoms with Crippen LogP contribution >= 0.6 is 0 Å². The number of alkyl halides is 3. The van der Waals surface area contributed by atoms with Crippen LogP contribution in [0.3, 0.4) is 0 Å². The summed E-state index contributed by atoms with van der Waals surface area (Å²) in [7, 11) is 0. The molecule has 1 amide bonds. The van der Waals surface area contributed by atoms with Gasteiger partial charge >= 0.3 is 6.18 Å². The highest BCUT2D eigenvalue weighted by Gasteiger charge is 2.47. The number of carbonyl (C=O) groups excluding carboxylic acids is 1. The third-order valence-electron chi connectivity index (χ3n) is 4.36. The fourth-order valence-electron chi connectivity index (χ4n) is 3.06. The summed E-state index contributed by atoms with van der Waals surface area (Å²) in [5, 5.41) is 4.09. The van der Waals surface area contributed by atoms with Crippen molar-refractivity contribution in [2.75, 3.05) is 6.54 Å². The lowest BCUT2D eigenvalue weighted by molar-refractivity contribution is -0.184. The van der Waals surface area contributed by atoms with Gasteiger partial charge in [0.2, 0.25) is 0 Å². The van der Waals surface area contributed by atoms with Gasteiger partial charge in [-0.25, -0.2) is 0 Å². The van der Waals surface area contributed by atoms with Crippen molar-refractivity contribution in [1.82, 2.24) is 14.7 Å². The average molecular weight is 352 g/mol. The number of likely N-dealkylation sites (tertiary alicyclic amines) is 1. The van der Waals surface area contributed by atoms with E-state index in [1.165, 1.54) is 0 Å². The SMILES string of the molecule is NC1CCC(C(F)(F)F)N(C(=O)c2ccc(Cn3cccn3)cc2)C1. The van der Waals surface area contributed by atoms with Crippen molar-refractivity contribution < 1.29 is 18.0 Å². The van der Waals surface area contributed by atoms with E-state index in [1.807, 2.05) is 6.20 Å². The number of benzene rings is 1. The van der Waals surface area contributed by atoms with E-state index in [-0.39, 0.29) is 24.9 Å². The van der Waals surface area contributed by atoms with E-state index in [9.17, 15) is 18.0 Å². The Morgan fingerprint density at radius 1 is 1.24 bits per heavy atom. The Morgan fingerprint density at radius 2 is 1.96 bits per heavy atom. The fourth-order valence-corrected chi connectivity index (χ4v) is 3.06. The fraction of sp³-hybridized carbons (Fsp3) is 0.412. The maximum Gasteiger partial charge on any atom is 0.408 e. The van der Waals surface area contributed by atoms with Gasteiger partial charge in [-0.1, -0.05) is 12.1 Å². The molecule has 8 heteroatoms. The van der Waals surface area contributed by atoms with Gasteiger partial charge in [0, 0.05) is 30.5 Å². The Kier molecular flexibility index (Phi) is 4.80. The van der Waals surface area contributed by atoms with Gasteiger partial charge in [-0.05, 0) is 36.6 Å². The first kappa shape index (κ1) is 17.5. The first-order valence-corrected chi connectivity index (χ1v) is 8.04. The molecule has 2 N–H and O–H groups in total. The predicted molar refractivity (Wildman–Crippen MR) is 85.9 cm³/mol. The highest BCUT2D eigenvalue weighted by molar-refractivity contribution is 5.94. The largest absolute Gasteiger partial charge is 0.408 e. The van der Waals surface area contributed by atoms with E-state index in [2.05, 4.69) is 5.10 Å². The molecule has 25 heavy (non-hydrogen) atoms. The van der Waals surface area contributed by atoms with Gasteiger partial charge in [0.1, 0.15) is 6.04 Å². The number of halogens is 3. The molecule has 1 aliphatic heterocycles. The molecule has 2 aromatic rings. The van der Waals surface area contributed by atoms with Crippen LogP contribution < -0.4 is 5.73 Å². The third-order valence-corrected chi connectivity index (χ3v) is 4.36. The van der Waals surface area contributed by atoms with Gasteiger partial charge < -0.3 is 10.6 Å². The number of nitrogens with zero attached hydrogens (tertiary/aromatic N) is 3. The highest BCUT2D eigenvalue weighted by Crippen LogP contribution is 2.32. The zero-order valence-electron chi connectivity index (χ0n) is 13.5. The van der Waals surface area contributed by atoms with Gasteiger partial charge in [0.05, 0.1) is 6.54 Å². The quantitative estimate of drug-likeness (QED) is 0.923. The number of hydrogen-bond donors (Lipinski definition) is 1. The molecular weight excluding hydrogens is 333 g/mol. The predicted octanol–water partition coefficient (Wildman–Crippen LogP) is 2.43. The molecule has 2 heterocycles. The topological polar surface area (TPSA) is 64.2 Å². The maximum absolute atomic E-state index is 13.2. The first-order valence-electron chi connectivity index (χ1n) is 8.04. The summed E-state index contributed by atoms with van der Waals surface area (Å²) in [6, 6.07) is 6.14. The third kappa shape index (κ3) is 4.01. The number of carbonyl (C=O) groups is 1. The molecule has 0 aliphatic carbocycles. The molecule has 2 unspecified atom stereocenters. The molecule has 0 spiro atoms. The monoisotopic (exact) mass is 352 g/mol. The number of nitrogens with two attached hydrogens (primary N) is 1. The molecule has 2 atom stereocenters. The summed E-state index contributed by atoms with van der Waals surface area (Å²) in [6.07, 6.45) is -0.878. The first-order chi connectivity index (χ1) is 11.8. The molecule has 1 fully saturated rings. The molecule has 1 aromatic carbocycles. The lowest BCUT2D eigenvalue weighted by Gasteiger charge is -2.39. The Labute approximate surface area is 143 Å². The number of amides is 1. The Balaban J connectivity index is 1.76. The van der Waals surface area contributed by atoms with Crippen LogP contribution in [-0.2, 0) is 6.54 Å². The molecular formula is C17H19F3N4O. The number of piperidine rings is 1. The summed E-state index contributed by atoms with van der Waals surface area (Å²) in [5.74, 6) is -0.636. The summed E-state index contributed by atoms with van der Waals surface area (Å²) in [6.45, 7) is 0.444. The highest BCUT2D eigenvalue weighted by atomic mass is 19.4. The summed E-state index contributed by atoms with van der Waals surface area (Å²) < 4.78 is 41.4. The van der Waals surface area contributed by atoms with Crippen LogP contribution in [0.5, 0.6) is 0 Å². The van der Waals surface area contributed by atoms with Crippen LogP contribution in [0.25, 0.3) is 0 Å². The molecule has 0 saturated carbocycles. The molecule has 5 nitrogen and oxygen atoms in total. The second-order valence-electron chi connectivity index (χ2n) is 6.25. The molecule has 134 valence electrons. The second-order valence-corrected chi connectivity index (χ2v) is 6.25. The van der Waals surface area contributed by atoms with E-state index in [4.69, 9.17) is 5.73 Å². The van der Waals surface area contributed by atoms with Crippen molar-refractivity contribution in [2.45, 2.75) is 37.6 Å². The smallest absolute Gasteiger partial charge is 0.326 e. The minimum absolute atomic E-state index is 0.0853. The zero-order valence-corrected chi connectivity index (χ0v) is 13.5. The van der Waals surface area contributed by atoms with Gasteiger partial charge in [-0.15, -0.1) is 0 Å². The summed E-state index contributed by atoms with van der Waals surface area (Å²) in [5.41, 5.74) is 6.91. The normalized spacial score (nSPS) is 21.4. The van der Waals surface area contributed by atoms with Crippen LogP contribution in [0, 0.1) is 0 Å². The molecule has 1 aliphatic rings. The Bertz CT molecular complexity index is 712. The average Bonchev–Trinajstić information content (AvgIpc) is 3.06. The van der Waals surface area contributed by atoms with Crippen molar-refractivity contribution in [3.05, 3.63) is 53.9 Å². The van der Waals surface area contributed by atoms with Crippen LogP contribution in [-0.4, -0.2) is 45.4 Å². The Hall–Kier alpha value is -2.35. The zero-order chi connectivity index (χ0) is 18.0. The van der Waals surface area contributed by atoms with Crippen molar-refractivity contribution in [3.8, 4) is 0 Å².